The number of anilines is 2. The van der Waals surface area contributed by atoms with Crippen molar-refractivity contribution < 1.29 is 9.59 Å². The molecule has 2 amide bonds. The average Bonchev–Trinajstić information content (AvgIpc) is 2.64. The number of amides is 2. The molecule has 0 aromatic heterocycles. The second-order valence-corrected chi connectivity index (χ2v) is 6.86. The average molecular weight is 415 g/mol. The van der Waals surface area contributed by atoms with Crippen molar-refractivity contribution in [1.29, 1.82) is 0 Å². The van der Waals surface area contributed by atoms with Crippen molar-refractivity contribution in [3.63, 3.8) is 0 Å². The van der Waals surface area contributed by atoms with Gasteiger partial charge in [0.25, 0.3) is 11.8 Å². The lowest BCUT2D eigenvalue weighted by atomic mass is 9.89. The van der Waals surface area contributed by atoms with Gasteiger partial charge in [0.2, 0.25) is 0 Å². The van der Waals surface area contributed by atoms with Crippen LogP contribution in [0.3, 0.4) is 0 Å². The Morgan fingerprint density at radius 3 is 1.14 bits per heavy atom. The van der Waals surface area contributed by atoms with E-state index in [1.165, 1.54) is 0 Å². The van der Waals surface area contributed by atoms with Crippen LogP contribution in [0.4, 0.5) is 11.4 Å². The molecule has 0 unspecified atom stereocenters. The Kier molecular flexibility index (Phi) is 5.18. The van der Waals surface area contributed by atoms with Crippen LogP contribution in [0.25, 0.3) is 22.3 Å². The lowest BCUT2D eigenvalue weighted by Crippen LogP contribution is -2.19. The van der Waals surface area contributed by atoms with Crippen LogP contribution in [-0.4, -0.2) is 11.8 Å². The summed E-state index contributed by atoms with van der Waals surface area (Å²) in [6, 6.07) is 13.1. The number of halogens is 2. The summed E-state index contributed by atoms with van der Waals surface area (Å²) in [6.45, 7) is 0. The minimum absolute atomic E-state index is 0.0201. The molecule has 0 aliphatic heterocycles. The second kappa shape index (κ2) is 7.42. The van der Waals surface area contributed by atoms with E-state index in [4.69, 9.17) is 46.1 Å². The number of nitrogen functional groups attached to an aromatic ring is 2. The largest absolute Gasteiger partial charge is 0.399 e. The van der Waals surface area contributed by atoms with E-state index in [1.807, 2.05) is 0 Å². The summed E-state index contributed by atoms with van der Waals surface area (Å²) in [5, 5.41) is -0.0513. The van der Waals surface area contributed by atoms with E-state index in [1.54, 1.807) is 48.5 Å². The number of hydrogen-bond donors (Lipinski definition) is 4. The topological polar surface area (TPSA) is 138 Å². The van der Waals surface area contributed by atoms with Gasteiger partial charge in [0.05, 0.1) is 21.2 Å². The Labute approximate surface area is 171 Å². The first-order valence-electron chi connectivity index (χ1n) is 8.08. The number of carbonyl (C=O) groups is 2. The molecule has 0 spiro atoms. The SMILES string of the molecule is NC(=O)c1c(Cl)c(-c2ccc(N)cc2)c(C(N)=O)c(Cl)c1-c1ccc(N)cc1. The normalized spacial score (nSPS) is 10.6. The van der Waals surface area contributed by atoms with Gasteiger partial charge in [-0.1, -0.05) is 47.5 Å². The summed E-state index contributed by atoms with van der Waals surface area (Å²) < 4.78 is 0. The maximum atomic E-state index is 12.3. The maximum Gasteiger partial charge on any atom is 0.250 e. The van der Waals surface area contributed by atoms with Gasteiger partial charge in [-0.2, -0.15) is 0 Å². The fraction of sp³-hybridized carbons (Fsp3) is 0. The summed E-state index contributed by atoms with van der Waals surface area (Å²) in [6.07, 6.45) is 0. The predicted octanol–water partition coefficient (Wildman–Crippen LogP) is 3.69. The van der Waals surface area contributed by atoms with Crippen LogP contribution >= 0.6 is 23.2 Å². The Morgan fingerprint density at radius 2 is 0.893 bits per heavy atom. The molecule has 28 heavy (non-hydrogen) atoms. The zero-order valence-corrected chi connectivity index (χ0v) is 16.0. The maximum absolute atomic E-state index is 12.3. The van der Waals surface area contributed by atoms with E-state index in [0.717, 1.165) is 0 Å². The van der Waals surface area contributed by atoms with E-state index in [9.17, 15) is 9.59 Å². The number of nitrogens with two attached hydrogens (primary N) is 4. The van der Waals surface area contributed by atoms with Crippen molar-refractivity contribution in [3.05, 3.63) is 69.7 Å². The fourth-order valence-corrected chi connectivity index (χ4v) is 3.78. The van der Waals surface area contributed by atoms with E-state index in [0.29, 0.717) is 22.5 Å². The van der Waals surface area contributed by atoms with Crippen molar-refractivity contribution in [2.45, 2.75) is 0 Å². The molecule has 0 fully saturated rings. The van der Waals surface area contributed by atoms with E-state index in [-0.39, 0.29) is 32.3 Å². The van der Waals surface area contributed by atoms with Crippen LogP contribution in [0, 0.1) is 0 Å². The molecule has 8 heteroatoms. The summed E-state index contributed by atoms with van der Waals surface area (Å²) in [7, 11) is 0. The Bertz CT molecular complexity index is 1010. The van der Waals surface area contributed by atoms with Crippen molar-refractivity contribution in [3.8, 4) is 22.3 Å². The van der Waals surface area contributed by atoms with Gasteiger partial charge in [0, 0.05) is 22.5 Å². The van der Waals surface area contributed by atoms with Gasteiger partial charge in [-0.05, 0) is 35.4 Å². The highest BCUT2D eigenvalue weighted by atomic mass is 35.5. The first-order valence-corrected chi connectivity index (χ1v) is 8.84. The third-order valence-electron chi connectivity index (χ3n) is 4.27. The van der Waals surface area contributed by atoms with Crippen molar-refractivity contribution in [2.24, 2.45) is 11.5 Å². The van der Waals surface area contributed by atoms with Gasteiger partial charge >= 0.3 is 0 Å². The third-order valence-corrected chi connectivity index (χ3v) is 5.03. The first-order chi connectivity index (χ1) is 13.2. The highest BCUT2D eigenvalue weighted by molar-refractivity contribution is 6.43. The number of benzene rings is 3. The standard InChI is InChI=1S/C20H16Cl2N4O2/c21-17-13(9-1-5-11(23)6-2-9)15(19(25)27)18(22)14(16(17)20(26)28)10-3-7-12(24)8-4-10/h1-8H,23-24H2,(H2,25,27)(H2,26,28). The van der Waals surface area contributed by atoms with Gasteiger partial charge in [0.15, 0.2) is 0 Å². The molecule has 0 saturated carbocycles. The summed E-state index contributed by atoms with van der Waals surface area (Å²) >= 11 is 13.1. The lowest BCUT2D eigenvalue weighted by molar-refractivity contribution is 0.0989. The molecule has 0 radical (unpaired) electrons. The summed E-state index contributed by atoms with van der Waals surface area (Å²) in [5.41, 5.74) is 25.1. The number of carbonyl (C=O) groups excluding carboxylic acids is 2. The molecular weight excluding hydrogens is 399 g/mol. The van der Waals surface area contributed by atoms with Crippen LogP contribution in [-0.2, 0) is 0 Å². The Hall–Kier alpha value is -3.22. The van der Waals surface area contributed by atoms with Crippen LogP contribution in [0.5, 0.6) is 0 Å². The van der Waals surface area contributed by atoms with E-state index >= 15 is 0 Å². The minimum Gasteiger partial charge on any atom is -0.399 e. The molecule has 8 N–H and O–H groups in total. The molecule has 0 bridgehead atoms. The summed E-state index contributed by atoms with van der Waals surface area (Å²) in [5.74, 6) is -1.60. The van der Waals surface area contributed by atoms with Gasteiger partial charge in [-0.25, -0.2) is 0 Å². The second-order valence-electron chi connectivity index (χ2n) is 6.10. The molecule has 3 aromatic rings. The van der Waals surface area contributed by atoms with Crippen LogP contribution in [0.2, 0.25) is 10.0 Å². The molecule has 0 saturated heterocycles. The molecule has 0 atom stereocenters. The van der Waals surface area contributed by atoms with Crippen molar-refractivity contribution in [1.82, 2.24) is 0 Å². The molecule has 142 valence electrons. The zero-order valence-electron chi connectivity index (χ0n) is 14.5. The van der Waals surface area contributed by atoms with Crippen LogP contribution < -0.4 is 22.9 Å². The summed E-state index contributed by atoms with van der Waals surface area (Å²) in [4.78, 5) is 24.5. The van der Waals surface area contributed by atoms with E-state index < -0.39 is 11.8 Å². The number of hydrogen-bond acceptors (Lipinski definition) is 4. The van der Waals surface area contributed by atoms with Gasteiger partial charge < -0.3 is 22.9 Å². The molecule has 0 aliphatic rings. The minimum atomic E-state index is -0.800. The van der Waals surface area contributed by atoms with E-state index in [2.05, 4.69) is 0 Å². The smallest absolute Gasteiger partial charge is 0.250 e. The number of rotatable bonds is 4. The van der Waals surface area contributed by atoms with Crippen LogP contribution in [0.15, 0.2) is 48.5 Å². The van der Waals surface area contributed by atoms with Crippen molar-refractivity contribution >= 4 is 46.4 Å². The van der Waals surface area contributed by atoms with Crippen molar-refractivity contribution in [2.75, 3.05) is 11.5 Å². The number of primary amides is 2. The Balaban J connectivity index is 2.46. The molecule has 6 nitrogen and oxygen atoms in total. The predicted molar refractivity (Wildman–Crippen MR) is 113 cm³/mol. The molecule has 3 rings (SSSR count). The molecule has 0 aliphatic carbocycles. The Morgan fingerprint density at radius 1 is 0.607 bits per heavy atom. The highest BCUT2D eigenvalue weighted by Crippen LogP contribution is 2.45. The molecule has 0 heterocycles. The molecular formula is C20H16Cl2N4O2. The van der Waals surface area contributed by atoms with Crippen LogP contribution in [0.1, 0.15) is 20.7 Å². The quantitative estimate of drug-likeness (QED) is 0.483. The molecule has 3 aromatic carbocycles. The first kappa shape index (κ1) is 19.5. The fourth-order valence-electron chi connectivity index (χ4n) is 2.99. The van der Waals surface area contributed by atoms with Gasteiger partial charge in [0.1, 0.15) is 0 Å². The lowest BCUT2D eigenvalue weighted by Gasteiger charge is -2.19. The van der Waals surface area contributed by atoms with Gasteiger partial charge in [-0.3, -0.25) is 9.59 Å². The third kappa shape index (κ3) is 3.35. The monoisotopic (exact) mass is 414 g/mol. The van der Waals surface area contributed by atoms with Gasteiger partial charge in [-0.15, -0.1) is 0 Å². The highest BCUT2D eigenvalue weighted by Gasteiger charge is 2.28. The zero-order chi connectivity index (χ0) is 20.6.